The Kier molecular flexibility index (Phi) is 3.89. The number of piperazine rings is 1. The fraction of sp³-hybridized carbons (Fsp3) is 0.312. The van der Waals surface area contributed by atoms with E-state index in [4.69, 9.17) is 0 Å². The summed E-state index contributed by atoms with van der Waals surface area (Å²) in [7, 11) is -3.26. The lowest BCUT2D eigenvalue weighted by Crippen LogP contribution is -2.50. The molecule has 0 bridgehead atoms. The smallest absolute Gasteiger partial charge is 0.211 e. The molecule has 1 fully saturated rings. The van der Waals surface area contributed by atoms with Crippen LogP contribution in [0.2, 0.25) is 0 Å². The van der Waals surface area contributed by atoms with E-state index in [1.165, 1.54) is 10.6 Å². The zero-order valence-electron chi connectivity index (χ0n) is 13.7. The van der Waals surface area contributed by atoms with Gasteiger partial charge < -0.3 is 9.88 Å². The van der Waals surface area contributed by atoms with Gasteiger partial charge in [-0.25, -0.2) is 13.4 Å². The number of hydrogen-bond donors (Lipinski definition) is 1. The van der Waals surface area contributed by atoms with Crippen LogP contribution in [0.4, 0.5) is 5.95 Å². The first kappa shape index (κ1) is 16.0. The SMILES string of the molecule is CS(=O)(=O)N1CCN(c2nc3ccncc3[nH]2)C(c2ccccn2)C1. The van der Waals surface area contributed by atoms with E-state index in [1.54, 1.807) is 18.6 Å². The van der Waals surface area contributed by atoms with E-state index in [9.17, 15) is 8.42 Å². The molecule has 25 heavy (non-hydrogen) atoms. The first-order chi connectivity index (χ1) is 12.0. The number of nitrogens with one attached hydrogen (secondary N) is 1. The minimum atomic E-state index is -3.26. The minimum Gasteiger partial charge on any atom is -0.331 e. The number of anilines is 1. The van der Waals surface area contributed by atoms with Crippen molar-refractivity contribution in [1.82, 2.24) is 24.2 Å². The molecule has 0 saturated carbocycles. The van der Waals surface area contributed by atoms with Crippen molar-refractivity contribution in [3.63, 3.8) is 0 Å². The Morgan fingerprint density at radius 1 is 1.20 bits per heavy atom. The molecule has 4 heterocycles. The van der Waals surface area contributed by atoms with Gasteiger partial charge in [0, 0.05) is 32.0 Å². The van der Waals surface area contributed by atoms with Gasteiger partial charge in [-0.15, -0.1) is 0 Å². The molecular formula is C16H18N6O2S. The molecule has 8 nitrogen and oxygen atoms in total. The molecule has 1 atom stereocenters. The number of H-pyrrole nitrogens is 1. The molecule has 1 unspecified atom stereocenters. The summed E-state index contributed by atoms with van der Waals surface area (Å²) in [5.41, 5.74) is 2.49. The lowest BCUT2D eigenvalue weighted by molar-refractivity contribution is 0.332. The van der Waals surface area contributed by atoms with Gasteiger partial charge in [-0.2, -0.15) is 4.31 Å². The van der Waals surface area contributed by atoms with E-state index in [1.807, 2.05) is 24.3 Å². The zero-order chi connectivity index (χ0) is 17.4. The van der Waals surface area contributed by atoms with Gasteiger partial charge in [-0.1, -0.05) is 6.07 Å². The molecule has 4 rings (SSSR count). The largest absolute Gasteiger partial charge is 0.331 e. The van der Waals surface area contributed by atoms with E-state index >= 15 is 0 Å². The molecule has 1 saturated heterocycles. The van der Waals surface area contributed by atoms with Crippen molar-refractivity contribution in [2.75, 3.05) is 30.8 Å². The van der Waals surface area contributed by atoms with Crippen molar-refractivity contribution < 1.29 is 8.42 Å². The Balaban J connectivity index is 1.74. The predicted molar refractivity (Wildman–Crippen MR) is 94.6 cm³/mol. The third-order valence-electron chi connectivity index (χ3n) is 4.38. The van der Waals surface area contributed by atoms with Crippen LogP contribution in [0.25, 0.3) is 11.0 Å². The van der Waals surface area contributed by atoms with Gasteiger partial charge in [-0.05, 0) is 18.2 Å². The van der Waals surface area contributed by atoms with Crippen molar-refractivity contribution in [2.45, 2.75) is 6.04 Å². The van der Waals surface area contributed by atoms with Crippen LogP contribution in [0, 0.1) is 0 Å². The summed E-state index contributed by atoms with van der Waals surface area (Å²) >= 11 is 0. The highest BCUT2D eigenvalue weighted by Crippen LogP contribution is 2.30. The normalized spacial score (nSPS) is 19.4. The molecular weight excluding hydrogens is 340 g/mol. The molecule has 3 aromatic rings. The summed E-state index contributed by atoms with van der Waals surface area (Å²) < 4.78 is 25.5. The standard InChI is InChI=1S/C16H18N6O2S/c1-25(23,24)21-8-9-22(15(11-21)13-4-2-3-6-18-13)16-19-12-5-7-17-10-14(12)20-16/h2-7,10,15H,8-9,11H2,1H3,(H,19,20). The maximum absolute atomic E-state index is 12.0. The second kappa shape index (κ2) is 6.08. The highest BCUT2D eigenvalue weighted by molar-refractivity contribution is 7.88. The van der Waals surface area contributed by atoms with Crippen LogP contribution < -0.4 is 4.90 Å². The van der Waals surface area contributed by atoms with Crippen LogP contribution in [0.15, 0.2) is 42.9 Å². The number of fused-ring (bicyclic) bond motifs is 1. The Bertz CT molecular complexity index is 955. The molecule has 1 aliphatic rings. The summed E-state index contributed by atoms with van der Waals surface area (Å²) in [6, 6.07) is 7.30. The van der Waals surface area contributed by atoms with Crippen LogP contribution in [0.1, 0.15) is 11.7 Å². The monoisotopic (exact) mass is 358 g/mol. The highest BCUT2D eigenvalue weighted by atomic mass is 32.2. The van der Waals surface area contributed by atoms with E-state index < -0.39 is 10.0 Å². The molecule has 9 heteroatoms. The Morgan fingerprint density at radius 2 is 2.08 bits per heavy atom. The Labute approximate surface area is 145 Å². The summed E-state index contributed by atoms with van der Waals surface area (Å²) in [4.78, 5) is 18.5. The first-order valence-corrected chi connectivity index (χ1v) is 9.79. The van der Waals surface area contributed by atoms with E-state index in [-0.39, 0.29) is 6.04 Å². The first-order valence-electron chi connectivity index (χ1n) is 7.95. The van der Waals surface area contributed by atoms with Crippen LogP contribution >= 0.6 is 0 Å². The van der Waals surface area contributed by atoms with Gasteiger partial charge in [0.05, 0.1) is 35.2 Å². The van der Waals surface area contributed by atoms with E-state index in [0.29, 0.717) is 25.6 Å². The molecule has 0 aromatic carbocycles. The third-order valence-corrected chi connectivity index (χ3v) is 5.65. The average molecular weight is 358 g/mol. The number of sulfonamides is 1. The number of pyridine rings is 2. The van der Waals surface area contributed by atoms with Crippen molar-refractivity contribution in [2.24, 2.45) is 0 Å². The van der Waals surface area contributed by atoms with E-state index in [0.717, 1.165) is 16.7 Å². The van der Waals surface area contributed by atoms with Gasteiger partial charge in [0.1, 0.15) is 0 Å². The van der Waals surface area contributed by atoms with E-state index in [2.05, 4.69) is 24.8 Å². The number of hydrogen-bond acceptors (Lipinski definition) is 6. The maximum Gasteiger partial charge on any atom is 0.211 e. The van der Waals surface area contributed by atoms with Crippen molar-refractivity contribution >= 4 is 27.0 Å². The highest BCUT2D eigenvalue weighted by Gasteiger charge is 2.34. The zero-order valence-corrected chi connectivity index (χ0v) is 14.5. The quantitative estimate of drug-likeness (QED) is 0.755. The van der Waals surface area contributed by atoms with Crippen LogP contribution in [-0.2, 0) is 10.0 Å². The predicted octanol–water partition coefficient (Wildman–Crippen LogP) is 1.18. The Morgan fingerprint density at radius 3 is 2.80 bits per heavy atom. The molecule has 3 aromatic heterocycles. The summed E-state index contributed by atoms with van der Waals surface area (Å²) in [5.74, 6) is 0.701. The van der Waals surface area contributed by atoms with Gasteiger partial charge >= 0.3 is 0 Å². The fourth-order valence-corrected chi connectivity index (χ4v) is 3.94. The fourth-order valence-electron chi connectivity index (χ4n) is 3.12. The van der Waals surface area contributed by atoms with Crippen LogP contribution in [-0.4, -0.2) is 58.5 Å². The number of nitrogens with zero attached hydrogens (tertiary/aromatic N) is 5. The topological polar surface area (TPSA) is 95.1 Å². The molecule has 0 spiro atoms. The summed E-state index contributed by atoms with van der Waals surface area (Å²) in [5, 5.41) is 0. The molecule has 0 amide bonds. The van der Waals surface area contributed by atoms with Crippen LogP contribution in [0.3, 0.4) is 0 Å². The van der Waals surface area contributed by atoms with Gasteiger partial charge in [0.2, 0.25) is 16.0 Å². The van der Waals surface area contributed by atoms with Gasteiger partial charge in [0.25, 0.3) is 0 Å². The van der Waals surface area contributed by atoms with Crippen molar-refractivity contribution in [1.29, 1.82) is 0 Å². The van der Waals surface area contributed by atoms with Gasteiger partial charge in [-0.3, -0.25) is 9.97 Å². The number of imidazole rings is 1. The molecule has 1 aliphatic heterocycles. The minimum absolute atomic E-state index is 0.210. The number of aromatic amines is 1. The maximum atomic E-state index is 12.0. The lowest BCUT2D eigenvalue weighted by atomic mass is 10.1. The summed E-state index contributed by atoms with van der Waals surface area (Å²) in [6.45, 7) is 1.28. The lowest BCUT2D eigenvalue weighted by Gasteiger charge is -2.39. The summed E-state index contributed by atoms with van der Waals surface area (Å²) in [6.07, 6.45) is 6.39. The molecule has 130 valence electrons. The average Bonchev–Trinajstić information content (AvgIpc) is 3.05. The van der Waals surface area contributed by atoms with Gasteiger partial charge in [0.15, 0.2) is 0 Å². The third kappa shape index (κ3) is 3.08. The number of rotatable bonds is 3. The van der Waals surface area contributed by atoms with Crippen LogP contribution in [0.5, 0.6) is 0 Å². The van der Waals surface area contributed by atoms with Crippen molar-refractivity contribution in [3.05, 3.63) is 48.5 Å². The second-order valence-corrected chi connectivity index (χ2v) is 8.02. The van der Waals surface area contributed by atoms with Crippen molar-refractivity contribution in [3.8, 4) is 0 Å². The number of aromatic nitrogens is 4. The molecule has 0 aliphatic carbocycles. The molecule has 1 N–H and O–H groups in total. The second-order valence-electron chi connectivity index (χ2n) is 6.04. The Hall–Kier alpha value is -2.52. The molecule has 0 radical (unpaired) electrons.